The van der Waals surface area contributed by atoms with Gasteiger partial charge >= 0.3 is 0 Å². The first-order valence-corrected chi connectivity index (χ1v) is 4.80. The van der Waals surface area contributed by atoms with Crippen LogP contribution in [-0.2, 0) is 9.63 Å². The van der Waals surface area contributed by atoms with Crippen LogP contribution in [0.25, 0.3) is 0 Å². The summed E-state index contributed by atoms with van der Waals surface area (Å²) in [6, 6.07) is 7.26. The van der Waals surface area contributed by atoms with Crippen LogP contribution in [0.4, 0.5) is 0 Å². The Bertz CT molecular complexity index is 343. The molecule has 2 atom stereocenters. The predicted octanol–water partition coefficient (Wildman–Crippen LogP) is 1.87. The zero-order chi connectivity index (χ0) is 9.97. The van der Waals surface area contributed by atoms with Gasteiger partial charge in [0.15, 0.2) is 0 Å². The Hall–Kier alpha value is -0.900. The van der Waals surface area contributed by atoms with Crippen LogP contribution in [0.15, 0.2) is 24.3 Å². The number of hydroxylamine groups is 1. The lowest BCUT2D eigenvalue weighted by molar-refractivity contribution is -0.110. The smallest absolute Gasteiger partial charge is 0.139 e. The number of hydrogen-bond donors (Lipinski definition) is 1. The summed E-state index contributed by atoms with van der Waals surface area (Å²) < 4.78 is 0. The number of rotatable bonds is 2. The molecule has 0 bridgehead atoms. The molecule has 1 aromatic rings. The first-order valence-electron chi connectivity index (χ1n) is 4.42. The van der Waals surface area contributed by atoms with Crippen LogP contribution < -0.4 is 5.48 Å². The number of benzene rings is 1. The van der Waals surface area contributed by atoms with Crippen molar-refractivity contribution in [2.24, 2.45) is 0 Å². The van der Waals surface area contributed by atoms with Gasteiger partial charge in [-0.05, 0) is 6.07 Å². The van der Waals surface area contributed by atoms with Gasteiger partial charge in [0.2, 0.25) is 0 Å². The maximum absolute atomic E-state index is 10.5. The van der Waals surface area contributed by atoms with Crippen molar-refractivity contribution in [1.29, 1.82) is 0 Å². The lowest BCUT2D eigenvalue weighted by Gasteiger charge is -2.09. The molecule has 2 rings (SSSR count). The quantitative estimate of drug-likeness (QED) is 0.760. The number of carbonyl (C=O) groups is 1. The molecule has 0 radical (unpaired) electrons. The standard InChI is InChI=1S/C10H10ClNO2/c11-9-4-2-1-3-8(9)10-5-7(6-13)12-14-10/h1-4,6-7,10,12H,5H2. The van der Waals surface area contributed by atoms with Gasteiger partial charge in [-0.2, -0.15) is 5.48 Å². The van der Waals surface area contributed by atoms with Crippen LogP contribution in [0.5, 0.6) is 0 Å². The Balaban J connectivity index is 2.17. The second-order valence-corrected chi connectivity index (χ2v) is 3.63. The molecule has 3 nitrogen and oxygen atoms in total. The minimum Gasteiger partial charge on any atom is -0.302 e. The summed E-state index contributed by atoms with van der Waals surface area (Å²) >= 11 is 6.00. The Labute approximate surface area is 87.0 Å². The normalized spacial score (nSPS) is 26.4. The van der Waals surface area contributed by atoms with E-state index in [0.717, 1.165) is 11.8 Å². The van der Waals surface area contributed by atoms with Gasteiger partial charge in [0.25, 0.3) is 0 Å². The maximum Gasteiger partial charge on any atom is 0.139 e. The van der Waals surface area contributed by atoms with Crippen LogP contribution in [0.2, 0.25) is 5.02 Å². The van der Waals surface area contributed by atoms with Crippen molar-refractivity contribution in [3.63, 3.8) is 0 Å². The van der Waals surface area contributed by atoms with Crippen molar-refractivity contribution in [3.8, 4) is 0 Å². The third-order valence-electron chi connectivity index (χ3n) is 2.25. The highest BCUT2D eigenvalue weighted by atomic mass is 35.5. The molecule has 74 valence electrons. The van der Waals surface area contributed by atoms with Gasteiger partial charge in [0.1, 0.15) is 12.4 Å². The number of nitrogens with one attached hydrogen (secondary N) is 1. The Morgan fingerprint density at radius 3 is 2.93 bits per heavy atom. The molecule has 0 spiro atoms. The molecule has 1 N–H and O–H groups in total. The minimum atomic E-state index is -0.226. The van der Waals surface area contributed by atoms with E-state index in [9.17, 15) is 4.79 Å². The zero-order valence-corrected chi connectivity index (χ0v) is 8.20. The van der Waals surface area contributed by atoms with Crippen LogP contribution in [0, 0.1) is 0 Å². The molecule has 1 fully saturated rings. The second kappa shape index (κ2) is 4.09. The zero-order valence-electron chi connectivity index (χ0n) is 7.44. The highest BCUT2D eigenvalue weighted by Gasteiger charge is 2.27. The lowest BCUT2D eigenvalue weighted by atomic mass is 10.0. The largest absolute Gasteiger partial charge is 0.302 e. The number of halogens is 1. The first kappa shape index (κ1) is 9.65. The van der Waals surface area contributed by atoms with Crippen molar-refractivity contribution in [2.75, 3.05) is 0 Å². The predicted molar refractivity (Wildman–Crippen MR) is 52.9 cm³/mol. The summed E-state index contributed by atoms with van der Waals surface area (Å²) in [7, 11) is 0. The SMILES string of the molecule is O=CC1CC(c2ccccc2Cl)ON1. The van der Waals surface area contributed by atoms with E-state index in [1.807, 2.05) is 24.3 Å². The van der Waals surface area contributed by atoms with Gasteiger partial charge in [-0.3, -0.25) is 4.84 Å². The number of aldehydes is 1. The summed E-state index contributed by atoms with van der Waals surface area (Å²) in [5, 5.41) is 0.672. The van der Waals surface area contributed by atoms with E-state index in [1.165, 1.54) is 0 Å². The number of hydrogen-bond acceptors (Lipinski definition) is 3. The fourth-order valence-corrected chi connectivity index (χ4v) is 1.76. The molecule has 1 saturated heterocycles. The summed E-state index contributed by atoms with van der Waals surface area (Å²) in [6.07, 6.45) is 1.35. The van der Waals surface area contributed by atoms with E-state index in [0.29, 0.717) is 11.4 Å². The van der Waals surface area contributed by atoms with Crippen LogP contribution >= 0.6 is 11.6 Å². The number of carbonyl (C=O) groups excluding carboxylic acids is 1. The van der Waals surface area contributed by atoms with Crippen LogP contribution in [0.3, 0.4) is 0 Å². The van der Waals surface area contributed by atoms with Crippen molar-refractivity contribution in [2.45, 2.75) is 18.6 Å². The van der Waals surface area contributed by atoms with Crippen molar-refractivity contribution in [3.05, 3.63) is 34.9 Å². The molecule has 2 unspecified atom stereocenters. The van der Waals surface area contributed by atoms with E-state index in [4.69, 9.17) is 16.4 Å². The van der Waals surface area contributed by atoms with E-state index < -0.39 is 0 Å². The van der Waals surface area contributed by atoms with Crippen molar-refractivity contribution < 1.29 is 9.63 Å². The van der Waals surface area contributed by atoms with E-state index in [1.54, 1.807) is 0 Å². The van der Waals surface area contributed by atoms with Gasteiger partial charge in [0, 0.05) is 17.0 Å². The lowest BCUT2D eigenvalue weighted by Crippen LogP contribution is -2.20. The molecular weight excluding hydrogens is 202 g/mol. The average molecular weight is 212 g/mol. The highest BCUT2D eigenvalue weighted by molar-refractivity contribution is 6.31. The molecule has 14 heavy (non-hydrogen) atoms. The molecular formula is C10H10ClNO2. The maximum atomic E-state index is 10.5. The molecule has 0 saturated carbocycles. The first-order chi connectivity index (χ1) is 6.81. The Morgan fingerprint density at radius 1 is 1.50 bits per heavy atom. The molecule has 1 aromatic carbocycles. The molecule has 0 amide bonds. The monoisotopic (exact) mass is 211 g/mol. The molecule has 0 aromatic heterocycles. The summed E-state index contributed by atoms with van der Waals surface area (Å²) in [5.74, 6) is 0. The van der Waals surface area contributed by atoms with E-state index >= 15 is 0 Å². The second-order valence-electron chi connectivity index (χ2n) is 3.22. The third kappa shape index (κ3) is 1.80. The van der Waals surface area contributed by atoms with E-state index in [-0.39, 0.29) is 12.1 Å². The highest BCUT2D eigenvalue weighted by Crippen LogP contribution is 2.31. The summed E-state index contributed by atoms with van der Waals surface area (Å²) in [6.45, 7) is 0. The molecule has 1 aliphatic rings. The van der Waals surface area contributed by atoms with Gasteiger partial charge < -0.3 is 4.79 Å². The molecule has 0 aliphatic carbocycles. The fourth-order valence-electron chi connectivity index (χ4n) is 1.51. The molecule has 1 heterocycles. The molecule has 1 aliphatic heterocycles. The Morgan fingerprint density at radius 2 is 2.29 bits per heavy atom. The third-order valence-corrected chi connectivity index (χ3v) is 2.59. The summed E-state index contributed by atoms with van der Waals surface area (Å²) in [4.78, 5) is 15.8. The van der Waals surface area contributed by atoms with Crippen LogP contribution in [-0.4, -0.2) is 12.3 Å². The fraction of sp³-hybridized carbons (Fsp3) is 0.300. The Kier molecular flexibility index (Phi) is 2.82. The van der Waals surface area contributed by atoms with Crippen molar-refractivity contribution >= 4 is 17.9 Å². The average Bonchev–Trinajstić information content (AvgIpc) is 2.67. The summed E-state index contributed by atoms with van der Waals surface area (Å²) in [5.41, 5.74) is 3.58. The van der Waals surface area contributed by atoms with Gasteiger partial charge in [-0.15, -0.1) is 0 Å². The van der Waals surface area contributed by atoms with Gasteiger partial charge in [0.05, 0.1) is 6.04 Å². The van der Waals surface area contributed by atoms with E-state index in [2.05, 4.69) is 5.48 Å². The van der Waals surface area contributed by atoms with Gasteiger partial charge in [-0.25, -0.2) is 0 Å². The minimum absolute atomic E-state index is 0.126. The molecule has 4 heteroatoms. The topological polar surface area (TPSA) is 38.3 Å². The van der Waals surface area contributed by atoms with Crippen LogP contribution in [0.1, 0.15) is 18.1 Å². The van der Waals surface area contributed by atoms with Crippen molar-refractivity contribution in [1.82, 2.24) is 5.48 Å². The van der Waals surface area contributed by atoms with Gasteiger partial charge in [-0.1, -0.05) is 29.8 Å².